The predicted octanol–water partition coefficient (Wildman–Crippen LogP) is -5.31. The van der Waals surface area contributed by atoms with E-state index in [9.17, 15) is 30.6 Å². The molecule has 2 heterocycles. The van der Waals surface area contributed by atoms with E-state index in [-0.39, 0.29) is 6.61 Å². The minimum absolute atomic E-state index is 0.306. The second-order valence-electron chi connectivity index (χ2n) is 6.38. The lowest BCUT2D eigenvalue weighted by molar-refractivity contribution is -0.244. The summed E-state index contributed by atoms with van der Waals surface area (Å²) in [7, 11) is 0. The first-order valence-corrected chi connectivity index (χ1v) is 7.95. The van der Waals surface area contributed by atoms with Crippen LogP contribution in [0.15, 0.2) is 0 Å². The molecule has 0 aromatic heterocycles. The van der Waals surface area contributed by atoms with Crippen LogP contribution >= 0.6 is 0 Å². The van der Waals surface area contributed by atoms with Crippen molar-refractivity contribution in [2.75, 3.05) is 33.0 Å². The molecule has 0 spiro atoms. The van der Waals surface area contributed by atoms with Crippen LogP contribution < -0.4 is 0 Å². The van der Waals surface area contributed by atoms with Gasteiger partial charge in [-0.3, -0.25) is 0 Å². The standard InChI is InChI=1S/C14H26O11/c15-1-6-9(18)12(21)10(19)8(24-6)3-23-5-14(4-17)13(22)11(20)7(2-16)25-14/h6-13,15-22H,1-5H2/t6?,7-,8-,9+,10?,11+,12-,13?,14+/m1/s1. The molecule has 0 bridgehead atoms. The van der Waals surface area contributed by atoms with Crippen molar-refractivity contribution in [3.63, 3.8) is 0 Å². The average molecular weight is 370 g/mol. The van der Waals surface area contributed by atoms with Crippen LogP contribution in [-0.4, -0.2) is 128 Å². The maximum Gasteiger partial charge on any atom is 0.143 e. The van der Waals surface area contributed by atoms with Crippen LogP contribution in [-0.2, 0) is 14.2 Å². The van der Waals surface area contributed by atoms with E-state index in [1.807, 2.05) is 0 Å². The molecule has 0 aromatic carbocycles. The average Bonchev–Trinajstić information content (AvgIpc) is 2.86. The van der Waals surface area contributed by atoms with Gasteiger partial charge in [-0.15, -0.1) is 0 Å². The van der Waals surface area contributed by atoms with Crippen LogP contribution in [0.2, 0.25) is 0 Å². The molecule has 148 valence electrons. The quantitative estimate of drug-likeness (QED) is 0.214. The summed E-state index contributed by atoms with van der Waals surface area (Å²) in [6, 6.07) is 0. The van der Waals surface area contributed by atoms with Crippen molar-refractivity contribution in [1.82, 2.24) is 0 Å². The highest BCUT2D eigenvalue weighted by Gasteiger charge is 2.54. The van der Waals surface area contributed by atoms with E-state index in [4.69, 9.17) is 24.4 Å². The first-order valence-electron chi connectivity index (χ1n) is 7.95. The third-order valence-corrected chi connectivity index (χ3v) is 4.70. The highest BCUT2D eigenvalue weighted by Crippen LogP contribution is 2.32. The topological polar surface area (TPSA) is 190 Å². The van der Waals surface area contributed by atoms with Gasteiger partial charge in [-0.1, -0.05) is 0 Å². The first kappa shape index (κ1) is 20.9. The van der Waals surface area contributed by atoms with E-state index in [1.165, 1.54) is 0 Å². The molecule has 0 aromatic rings. The highest BCUT2D eigenvalue weighted by molar-refractivity contribution is 5.02. The Balaban J connectivity index is 1.94. The van der Waals surface area contributed by atoms with Crippen LogP contribution in [0.5, 0.6) is 0 Å². The maximum absolute atomic E-state index is 10.0. The second kappa shape index (κ2) is 8.50. The summed E-state index contributed by atoms with van der Waals surface area (Å²) >= 11 is 0. The summed E-state index contributed by atoms with van der Waals surface area (Å²) in [4.78, 5) is 0. The van der Waals surface area contributed by atoms with Crippen LogP contribution in [0.3, 0.4) is 0 Å². The number of hydrogen-bond donors (Lipinski definition) is 8. The zero-order chi connectivity index (χ0) is 18.8. The Morgan fingerprint density at radius 1 is 0.760 bits per heavy atom. The second-order valence-corrected chi connectivity index (χ2v) is 6.38. The first-order chi connectivity index (χ1) is 11.8. The van der Waals surface area contributed by atoms with Gasteiger partial charge < -0.3 is 55.1 Å². The number of rotatable bonds is 7. The Bertz CT molecular complexity index is 422. The summed E-state index contributed by atoms with van der Waals surface area (Å²) in [5, 5.41) is 76.9. The van der Waals surface area contributed by atoms with Gasteiger partial charge in [0, 0.05) is 0 Å². The summed E-state index contributed by atoms with van der Waals surface area (Å²) in [5.41, 5.74) is -1.67. The predicted molar refractivity (Wildman–Crippen MR) is 78.4 cm³/mol. The van der Waals surface area contributed by atoms with Gasteiger partial charge in [0.25, 0.3) is 0 Å². The summed E-state index contributed by atoms with van der Waals surface area (Å²) in [6.45, 7) is -2.54. The molecule has 0 amide bonds. The lowest BCUT2D eigenvalue weighted by Crippen LogP contribution is -2.60. The minimum Gasteiger partial charge on any atom is -0.394 e. The normalized spacial score (nSPS) is 48.0. The molecule has 2 rings (SSSR count). The van der Waals surface area contributed by atoms with Gasteiger partial charge in [-0.2, -0.15) is 0 Å². The summed E-state index contributed by atoms with van der Waals surface area (Å²) < 4.78 is 15.9. The molecule has 2 aliphatic rings. The molecule has 2 aliphatic heterocycles. The molecule has 0 radical (unpaired) electrons. The van der Waals surface area contributed by atoms with Gasteiger partial charge in [-0.25, -0.2) is 0 Å². The molecular formula is C14H26O11. The van der Waals surface area contributed by atoms with E-state index in [0.717, 1.165) is 0 Å². The van der Waals surface area contributed by atoms with Crippen LogP contribution in [0.4, 0.5) is 0 Å². The lowest BCUT2D eigenvalue weighted by atomic mass is 9.95. The monoisotopic (exact) mass is 370 g/mol. The smallest absolute Gasteiger partial charge is 0.143 e. The molecule has 11 heteroatoms. The molecule has 25 heavy (non-hydrogen) atoms. The third kappa shape index (κ3) is 3.96. The number of ether oxygens (including phenoxy) is 3. The van der Waals surface area contributed by atoms with Gasteiger partial charge in [-0.05, 0) is 0 Å². The van der Waals surface area contributed by atoms with Gasteiger partial charge in [0.15, 0.2) is 0 Å². The van der Waals surface area contributed by atoms with Crippen molar-refractivity contribution < 1.29 is 55.1 Å². The molecule has 9 atom stereocenters. The molecule has 0 saturated carbocycles. The Morgan fingerprint density at radius 3 is 1.88 bits per heavy atom. The maximum atomic E-state index is 10.0. The Morgan fingerprint density at radius 2 is 1.36 bits per heavy atom. The Kier molecular flexibility index (Phi) is 7.09. The van der Waals surface area contributed by atoms with Crippen molar-refractivity contribution in [2.45, 2.75) is 54.4 Å². The SMILES string of the molecule is OCC1O[C@H](COC[C@]2(CO)O[C@H](CO)[C@H](O)C2O)C(O)[C@H](O)[C@H]1O. The Hall–Kier alpha value is -0.440. The van der Waals surface area contributed by atoms with Gasteiger partial charge in [0.2, 0.25) is 0 Å². The van der Waals surface area contributed by atoms with Crippen LogP contribution in [0, 0.1) is 0 Å². The number of hydrogen-bond acceptors (Lipinski definition) is 11. The minimum atomic E-state index is -1.67. The largest absolute Gasteiger partial charge is 0.394 e. The van der Waals surface area contributed by atoms with E-state index in [1.54, 1.807) is 0 Å². The van der Waals surface area contributed by atoms with Crippen LogP contribution in [0.25, 0.3) is 0 Å². The lowest BCUT2D eigenvalue weighted by Gasteiger charge is -2.40. The van der Waals surface area contributed by atoms with Crippen molar-refractivity contribution in [2.24, 2.45) is 0 Å². The van der Waals surface area contributed by atoms with Crippen molar-refractivity contribution in [3.8, 4) is 0 Å². The zero-order valence-electron chi connectivity index (χ0n) is 13.5. The summed E-state index contributed by atoms with van der Waals surface area (Å²) in [6.07, 6.45) is -10.7. The fourth-order valence-electron chi connectivity index (χ4n) is 3.06. The van der Waals surface area contributed by atoms with Gasteiger partial charge >= 0.3 is 0 Å². The highest BCUT2D eigenvalue weighted by atomic mass is 16.6. The number of aliphatic hydroxyl groups is 8. The molecule has 8 N–H and O–H groups in total. The van der Waals surface area contributed by atoms with Gasteiger partial charge in [0.05, 0.1) is 33.0 Å². The zero-order valence-corrected chi connectivity index (χ0v) is 13.5. The third-order valence-electron chi connectivity index (χ3n) is 4.70. The van der Waals surface area contributed by atoms with Gasteiger partial charge in [0.1, 0.15) is 54.4 Å². The fourth-order valence-corrected chi connectivity index (χ4v) is 3.06. The molecule has 2 fully saturated rings. The summed E-state index contributed by atoms with van der Waals surface area (Å²) in [5.74, 6) is 0. The molecule has 2 saturated heterocycles. The molecule has 0 aliphatic carbocycles. The van der Waals surface area contributed by atoms with E-state index < -0.39 is 80.9 Å². The molecule has 3 unspecified atom stereocenters. The molecular weight excluding hydrogens is 344 g/mol. The van der Waals surface area contributed by atoms with Crippen molar-refractivity contribution in [3.05, 3.63) is 0 Å². The number of aliphatic hydroxyl groups excluding tert-OH is 8. The van der Waals surface area contributed by atoms with E-state index in [0.29, 0.717) is 0 Å². The van der Waals surface area contributed by atoms with E-state index in [2.05, 4.69) is 0 Å². The van der Waals surface area contributed by atoms with E-state index >= 15 is 0 Å². The van der Waals surface area contributed by atoms with Crippen molar-refractivity contribution >= 4 is 0 Å². The Labute approximate surface area is 143 Å². The fraction of sp³-hybridized carbons (Fsp3) is 1.00. The van der Waals surface area contributed by atoms with Crippen LogP contribution in [0.1, 0.15) is 0 Å². The molecule has 11 nitrogen and oxygen atoms in total. The van der Waals surface area contributed by atoms with Crippen molar-refractivity contribution in [1.29, 1.82) is 0 Å².